The molecule has 0 unspecified atom stereocenters. The van der Waals surface area contributed by atoms with Gasteiger partial charge in [0.2, 0.25) is 5.91 Å². The largest absolute Gasteiger partial charge is 0.497 e. The Morgan fingerprint density at radius 1 is 1.00 bits per heavy atom. The maximum absolute atomic E-state index is 12.4. The Labute approximate surface area is 182 Å². The zero-order valence-corrected chi connectivity index (χ0v) is 18.0. The van der Waals surface area contributed by atoms with Crippen LogP contribution in [0.1, 0.15) is 22.5 Å². The summed E-state index contributed by atoms with van der Waals surface area (Å²) in [6.45, 7) is 3.45. The molecule has 1 amide bonds. The number of fused-ring (bicyclic) bond motifs is 1. The molecular weight excluding hydrogens is 386 g/mol. The first kappa shape index (κ1) is 20.7. The van der Waals surface area contributed by atoms with E-state index in [9.17, 15) is 4.79 Å². The molecule has 1 heterocycles. The van der Waals surface area contributed by atoms with Gasteiger partial charge in [0, 0.05) is 19.5 Å². The molecule has 0 aliphatic heterocycles. The van der Waals surface area contributed by atoms with Gasteiger partial charge in [0.25, 0.3) is 0 Å². The summed E-state index contributed by atoms with van der Waals surface area (Å²) < 4.78 is 7.42. The maximum atomic E-state index is 12.4. The Hall–Kier alpha value is -3.60. The summed E-state index contributed by atoms with van der Waals surface area (Å²) in [4.78, 5) is 17.2. The molecule has 4 rings (SSSR count). The predicted octanol–water partition coefficient (Wildman–Crippen LogP) is 4.30. The average molecular weight is 414 g/mol. The van der Waals surface area contributed by atoms with Gasteiger partial charge in [-0.3, -0.25) is 4.79 Å². The monoisotopic (exact) mass is 413 g/mol. The van der Waals surface area contributed by atoms with Crippen molar-refractivity contribution in [2.45, 2.75) is 26.3 Å². The van der Waals surface area contributed by atoms with Crippen LogP contribution >= 0.6 is 0 Å². The van der Waals surface area contributed by atoms with Gasteiger partial charge in [0.05, 0.1) is 24.6 Å². The van der Waals surface area contributed by atoms with Gasteiger partial charge < -0.3 is 14.6 Å². The van der Waals surface area contributed by atoms with E-state index >= 15 is 0 Å². The van der Waals surface area contributed by atoms with Crippen molar-refractivity contribution in [1.29, 1.82) is 0 Å². The number of amides is 1. The third-order valence-electron chi connectivity index (χ3n) is 5.52. The molecule has 0 radical (unpaired) electrons. The van der Waals surface area contributed by atoms with Gasteiger partial charge in [-0.05, 0) is 47.9 Å². The van der Waals surface area contributed by atoms with Crippen molar-refractivity contribution in [1.82, 2.24) is 14.9 Å². The minimum absolute atomic E-state index is 0.00623. The molecule has 158 valence electrons. The summed E-state index contributed by atoms with van der Waals surface area (Å²) in [6, 6.07) is 24.2. The lowest BCUT2D eigenvalue weighted by atomic mass is 10.1. The predicted molar refractivity (Wildman–Crippen MR) is 123 cm³/mol. The highest BCUT2D eigenvalue weighted by Crippen LogP contribution is 2.20. The van der Waals surface area contributed by atoms with Crippen molar-refractivity contribution in [3.63, 3.8) is 0 Å². The minimum atomic E-state index is 0.00623. The van der Waals surface area contributed by atoms with Crippen LogP contribution in [0.4, 0.5) is 0 Å². The fourth-order valence-corrected chi connectivity index (χ4v) is 3.76. The molecule has 0 saturated carbocycles. The van der Waals surface area contributed by atoms with Crippen LogP contribution in [-0.2, 0) is 24.2 Å². The Balaban J connectivity index is 1.44. The normalized spacial score (nSPS) is 10.9. The van der Waals surface area contributed by atoms with E-state index in [1.165, 1.54) is 11.1 Å². The third kappa shape index (κ3) is 4.94. The summed E-state index contributed by atoms with van der Waals surface area (Å²) in [7, 11) is 1.63. The van der Waals surface area contributed by atoms with Crippen molar-refractivity contribution in [2.24, 2.45) is 0 Å². The average Bonchev–Trinajstić information content (AvgIpc) is 3.13. The van der Waals surface area contributed by atoms with Gasteiger partial charge in [-0.1, -0.05) is 48.5 Å². The molecule has 3 aromatic carbocycles. The Kier molecular flexibility index (Phi) is 6.32. The first-order chi connectivity index (χ1) is 15.1. The van der Waals surface area contributed by atoms with Gasteiger partial charge in [-0.25, -0.2) is 4.98 Å². The highest BCUT2D eigenvalue weighted by molar-refractivity contribution is 5.78. The summed E-state index contributed by atoms with van der Waals surface area (Å²) >= 11 is 0. The first-order valence-corrected chi connectivity index (χ1v) is 10.5. The van der Waals surface area contributed by atoms with E-state index in [-0.39, 0.29) is 5.91 Å². The van der Waals surface area contributed by atoms with E-state index < -0.39 is 0 Å². The Bertz CT molecular complexity index is 1180. The van der Waals surface area contributed by atoms with Gasteiger partial charge in [-0.2, -0.15) is 0 Å². The van der Waals surface area contributed by atoms with E-state index in [4.69, 9.17) is 9.72 Å². The quantitative estimate of drug-likeness (QED) is 0.468. The molecule has 5 nitrogen and oxygen atoms in total. The van der Waals surface area contributed by atoms with Crippen molar-refractivity contribution in [2.75, 3.05) is 13.7 Å². The van der Waals surface area contributed by atoms with Crippen molar-refractivity contribution in [3.8, 4) is 5.75 Å². The van der Waals surface area contributed by atoms with E-state index in [0.29, 0.717) is 19.4 Å². The number of aromatic nitrogens is 2. The number of nitrogens with one attached hydrogen (secondary N) is 1. The summed E-state index contributed by atoms with van der Waals surface area (Å²) in [6.07, 6.45) is 1.03. The number of hydrogen-bond donors (Lipinski definition) is 1. The number of hydrogen-bond acceptors (Lipinski definition) is 3. The van der Waals surface area contributed by atoms with Crippen LogP contribution in [0.25, 0.3) is 11.0 Å². The van der Waals surface area contributed by atoms with Crippen molar-refractivity contribution in [3.05, 3.63) is 95.3 Å². The summed E-state index contributed by atoms with van der Waals surface area (Å²) in [5.41, 5.74) is 5.60. The number of ether oxygens (including phenoxy) is 1. The second kappa shape index (κ2) is 9.47. The fraction of sp³-hybridized carbons (Fsp3) is 0.231. The number of para-hydroxylation sites is 2. The van der Waals surface area contributed by atoms with Crippen LogP contribution in [-0.4, -0.2) is 29.1 Å². The topological polar surface area (TPSA) is 56.1 Å². The molecule has 0 spiro atoms. The van der Waals surface area contributed by atoms with Crippen molar-refractivity contribution < 1.29 is 9.53 Å². The number of nitrogens with zero attached hydrogens (tertiary/aromatic N) is 2. The van der Waals surface area contributed by atoms with Crippen LogP contribution in [0.3, 0.4) is 0 Å². The molecule has 1 N–H and O–H groups in total. The van der Waals surface area contributed by atoms with E-state index in [0.717, 1.165) is 34.7 Å². The highest BCUT2D eigenvalue weighted by atomic mass is 16.5. The van der Waals surface area contributed by atoms with E-state index in [1.54, 1.807) is 7.11 Å². The molecule has 0 aliphatic carbocycles. The van der Waals surface area contributed by atoms with Gasteiger partial charge in [-0.15, -0.1) is 0 Å². The lowest BCUT2D eigenvalue weighted by Crippen LogP contribution is -2.28. The molecule has 0 fully saturated rings. The van der Waals surface area contributed by atoms with Crippen LogP contribution in [0.2, 0.25) is 0 Å². The third-order valence-corrected chi connectivity index (χ3v) is 5.52. The summed E-state index contributed by atoms with van der Waals surface area (Å²) in [5, 5.41) is 3.03. The molecule has 0 atom stereocenters. The molecule has 0 bridgehead atoms. The molecule has 1 aromatic heterocycles. The lowest BCUT2D eigenvalue weighted by molar-refractivity contribution is -0.120. The summed E-state index contributed by atoms with van der Waals surface area (Å²) in [5.74, 6) is 1.78. The second-order valence-corrected chi connectivity index (χ2v) is 7.65. The number of imidazole rings is 1. The van der Waals surface area contributed by atoms with E-state index in [1.807, 2.05) is 42.5 Å². The van der Waals surface area contributed by atoms with Crippen LogP contribution in [0.5, 0.6) is 5.75 Å². The maximum Gasteiger partial charge on any atom is 0.224 e. The lowest BCUT2D eigenvalue weighted by Gasteiger charge is -2.12. The Morgan fingerprint density at radius 3 is 2.52 bits per heavy atom. The highest BCUT2D eigenvalue weighted by Gasteiger charge is 2.12. The number of methoxy groups -OCH3 is 1. The van der Waals surface area contributed by atoms with E-state index in [2.05, 4.69) is 47.1 Å². The Morgan fingerprint density at radius 2 is 1.74 bits per heavy atom. The minimum Gasteiger partial charge on any atom is -0.497 e. The molecular formula is C26H27N3O2. The standard InChI is InChI=1S/C26H27N3O2/c1-19-7-3-4-8-21(19)18-29-24-10-6-5-9-23(24)28-25(29)15-16-27-26(30)17-20-11-13-22(31-2)14-12-20/h3-14H,15-18H2,1-2H3,(H,27,30). The zero-order valence-electron chi connectivity index (χ0n) is 18.0. The first-order valence-electron chi connectivity index (χ1n) is 10.5. The SMILES string of the molecule is COc1ccc(CC(=O)NCCc2nc3ccccc3n2Cc2ccccc2C)cc1. The molecule has 0 saturated heterocycles. The molecule has 4 aromatic rings. The zero-order chi connectivity index (χ0) is 21.6. The molecule has 0 aliphatic rings. The number of rotatable bonds is 8. The second-order valence-electron chi connectivity index (χ2n) is 7.65. The van der Waals surface area contributed by atoms with Crippen LogP contribution in [0, 0.1) is 6.92 Å². The number of benzene rings is 3. The number of carbonyl (C=O) groups is 1. The number of carbonyl (C=O) groups excluding carboxylic acids is 1. The van der Waals surface area contributed by atoms with Gasteiger partial charge in [0.1, 0.15) is 11.6 Å². The smallest absolute Gasteiger partial charge is 0.224 e. The fourth-order valence-electron chi connectivity index (χ4n) is 3.76. The number of aryl methyl sites for hydroxylation is 1. The van der Waals surface area contributed by atoms with Crippen LogP contribution < -0.4 is 10.1 Å². The van der Waals surface area contributed by atoms with Crippen molar-refractivity contribution >= 4 is 16.9 Å². The molecule has 31 heavy (non-hydrogen) atoms. The molecule has 5 heteroatoms. The van der Waals surface area contributed by atoms with Gasteiger partial charge >= 0.3 is 0 Å². The van der Waals surface area contributed by atoms with Gasteiger partial charge in [0.15, 0.2) is 0 Å². The van der Waals surface area contributed by atoms with Crippen LogP contribution in [0.15, 0.2) is 72.8 Å².